The predicted octanol–water partition coefficient (Wildman–Crippen LogP) is 4.20. The zero-order chi connectivity index (χ0) is 17.9. The summed E-state index contributed by atoms with van der Waals surface area (Å²) in [5, 5.41) is 0. The standard InChI is InChI=1S/C20H30O4/c1-6-12(2)19(21)23-14(4)7-8-16-9-10-17-15(5)20(22)24-18(17)11-13(16)3/h9,12-14,17-18H,5-8,10-11H2,1-4H3/t12?,13-,14?,17+,18+/m0/s1. The summed E-state index contributed by atoms with van der Waals surface area (Å²) >= 11 is 0. The van der Waals surface area contributed by atoms with Crippen molar-refractivity contribution in [1.29, 1.82) is 0 Å². The summed E-state index contributed by atoms with van der Waals surface area (Å²) in [5.41, 5.74) is 1.99. The van der Waals surface area contributed by atoms with E-state index in [0.29, 0.717) is 11.5 Å². The number of ether oxygens (including phenoxy) is 2. The van der Waals surface area contributed by atoms with E-state index in [2.05, 4.69) is 19.6 Å². The highest BCUT2D eigenvalue weighted by Crippen LogP contribution is 2.39. The van der Waals surface area contributed by atoms with Gasteiger partial charge in [0, 0.05) is 11.5 Å². The summed E-state index contributed by atoms with van der Waals surface area (Å²) in [6.07, 6.45) is 6.34. The molecule has 0 aromatic rings. The Hall–Kier alpha value is -1.58. The van der Waals surface area contributed by atoms with E-state index in [0.717, 1.165) is 32.1 Å². The fourth-order valence-electron chi connectivity index (χ4n) is 3.42. The van der Waals surface area contributed by atoms with Crippen LogP contribution in [-0.2, 0) is 19.1 Å². The third-order valence-corrected chi connectivity index (χ3v) is 5.44. The molecule has 1 aliphatic heterocycles. The average Bonchev–Trinajstić information content (AvgIpc) is 2.71. The van der Waals surface area contributed by atoms with Crippen molar-refractivity contribution < 1.29 is 19.1 Å². The van der Waals surface area contributed by atoms with Gasteiger partial charge < -0.3 is 9.47 Å². The van der Waals surface area contributed by atoms with Crippen LogP contribution in [-0.4, -0.2) is 24.1 Å². The highest BCUT2D eigenvalue weighted by atomic mass is 16.6. The monoisotopic (exact) mass is 334 g/mol. The van der Waals surface area contributed by atoms with Gasteiger partial charge in [-0.05, 0) is 44.9 Å². The van der Waals surface area contributed by atoms with E-state index in [9.17, 15) is 9.59 Å². The van der Waals surface area contributed by atoms with Gasteiger partial charge >= 0.3 is 11.9 Å². The molecule has 0 aromatic carbocycles. The van der Waals surface area contributed by atoms with Crippen molar-refractivity contribution in [1.82, 2.24) is 0 Å². The Labute approximate surface area is 145 Å². The van der Waals surface area contributed by atoms with Gasteiger partial charge in [0.2, 0.25) is 0 Å². The van der Waals surface area contributed by atoms with Gasteiger partial charge in [-0.2, -0.15) is 0 Å². The molecule has 2 aliphatic rings. The van der Waals surface area contributed by atoms with Crippen LogP contribution in [0, 0.1) is 17.8 Å². The van der Waals surface area contributed by atoms with Gasteiger partial charge in [-0.3, -0.25) is 4.79 Å². The molecule has 0 N–H and O–H groups in total. The van der Waals surface area contributed by atoms with Crippen LogP contribution in [0.2, 0.25) is 0 Å². The molecule has 24 heavy (non-hydrogen) atoms. The molecule has 1 heterocycles. The number of allylic oxidation sites excluding steroid dienone is 2. The number of hydrogen-bond donors (Lipinski definition) is 0. The second kappa shape index (κ2) is 8.00. The third-order valence-electron chi connectivity index (χ3n) is 5.44. The summed E-state index contributed by atoms with van der Waals surface area (Å²) in [6, 6.07) is 0. The van der Waals surface area contributed by atoms with Gasteiger partial charge in [0.1, 0.15) is 6.10 Å². The Morgan fingerprint density at radius 1 is 1.46 bits per heavy atom. The van der Waals surface area contributed by atoms with Crippen molar-refractivity contribution in [3.05, 3.63) is 23.8 Å². The molecule has 0 spiro atoms. The van der Waals surface area contributed by atoms with E-state index in [1.807, 2.05) is 20.8 Å². The van der Waals surface area contributed by atoms with E-state index in [1.54, 1.807) is 0 Å². The molecule has 0 amide bonds. The molecule has 0 saturated carbocycles. The first-order chi connectivity index (χ1) is 11.3. The smallest absolute Gasteiger partial charge is 0.334 e. The average molecular weight is 334 g/mol. The summed E-state index contributed by atoms with van der Waals surface area (Å²) in [6.45, 7) is 11.9. The van der Waals surface area contributed by atoms with E-state index in [4.69, 9.17) is 9.47 Å². The van der Waals surface area contributed by atoms with Gasteiger partial charge in [0.05, 0.1) is 12.0 Å². The minimum Gasteiger partial charge on any atom is -0.462 e. The van der Waals surface area contributed by atoms with Gasteiger partial charge in [-0.1, -0.05) is 39.0 Å². The summed E-state index contributed by atoms with van der Waals surface area (Å²) in [7, 11) is 0. The van der Waals surface area contributed by atoms with E-state index < -0.39 is 0 Å². The lowest BCUT2D eigenvalue weighted by Gasteiger charge is -2.20. The topological polar surface area (TPSA) is 52.6 Å². The second-order valence-electron chi connectivity index (χ2n) is 7.32. The minimum absolute atomic E-state index is 0.0330. The molecule has 0 radical (unpaired) electrons. The van der Waals surface area contributed by atoms with Crippen molar-refractivity contribution in [3.63, 3.8) is 0 Å². The molecule has 1 fully saturated rings. The SMILES string of the molecule is C=C1C(=O)O[C@@H]2C[C@H](C)C(CCC(C)OC(=O)C(C)CC)=CC[C@H]12. The Morgan fingerprint density at radius 2 is 2.17 bits per heavy atom. The Kier molecular flexibility index (Phi) is 6.25. The maximum atomic E-state index is 11.9. The molecule has 134 valence electrons. The quantitative estimate of drug-likeness (QED) is 0.415. The molecule has 4 nitrogen and oxygen atoms in total. The van der Waals surface area contributed by atoms with E-state index >= 15 is 0 Å². The molecule has 0 bridgehead atoms. The molecular formula is C20H30O4. The second-order valence-corrected chi connectivity index (χ2v) is 7.32. The summed E-state index contributed by atoms with van der Waals surface area (Å²) in [5.74, 6) is 0.114. The Bertz CT molecular complexity index is 534. The van der Waals surface area contributed by atoms with Crippen molar-refractivity contribution in [2.75, 3.05) is 0 Å². The van der Waals surface area contributed by atoms with Crippen LogP contribution >= 0.6 is 0 Å². The maximum absolute atomic E-state index is 11.9. The fourth-order valence-corrected chi connectivity index (χ4v) is 3.42. The van der Waals surface area contributed by atoms with Crippen LogP contribution in [0.15, 0.2) is 23.8 Å². The number of carbonyl (C=O) groups is 2. The van der Waals surface area contributed by atoms with Crippen LogP contribution in [0.4, 0.5) is 0 Å². The highest BCUT2D eigenvalue weighted by molar-refractivity contribution is 5.90. The van der Waals surface area contributed by atoms with Crippen LogP contribution in [0.3, 0.4) is 0 Å². The van der Waals surface area contributed by atoms with Crippen LogP contribution in [0.25, 0.3) is 0 Å². The minimum atomic E-state index is -0.236. The van der Waals surface area contributed by atoms with Gasteiger partial charge in [0.15, 0.2) is 0 Å². The number of rotatable bonds is 6. The van der Waals surface area contributed by atoms with Crippen molar-refractivity contribution in [2.45, 2.75) is 72.0 Å². The zero-order valence-corrected chi connectivity index (χ0v) is 15.3. The molecule has 2 rings (SSSR count). The first-order valence-corrected chi connectivity index (χ1v) is 9.12. The first kappa shape index (κ1) is 18.8. The number of esters is 2. The maximum Gasteiger partial charge on any atom is 0.334 e. The van der Waals surface area contributed by atoms with Gasteiger partial charge in [-0.25, -0.2) is 4.79 Å². The van der Waals surface area contributed by atoms with Gasteiger partial charge in [-0.15, -0.1) is 0 Å². The van der Waals surface area contributed by atoms with Crippen molar-refractivity contribution in [3.8, 4) is 0 Å². The lowest BCUT2D eigenvalue weighted by Crippen LogP contribution is -2.21. The lowest BCUT2D eigenvalue weighted by atomic mass is 9.90. The fraction of sp³-hybridized carbons (Fsp3) is 0.700. The molecule has 1 aliphatic carbocycles. The lowest BCUT2D eigenvalue weighted by molar-refractivity contribution is -0.153. The van der Waals surface area contributed by atoms with E-state index in [1.165, 1.54) is 5.57 Å². The number of fused-ring (bicyclic) bond motifs is 1. The molecule has 0 aromatic heterocycles. The third kappa shape index (κ3) is 4.28. The molecular weight excluding hydrogens is 304 g/mol. The summed E-state index contributed by atoms with van der Waals surface area (Å²) in [4.78, 5) is 23.5. The molecule has 2 unspecified atom stereocenters. The van der Waals surface area contributed by atoms with Gasteiger partial charge in [0.25, 0.3) is 0 Å². The van der Waals surface area contributed by atoms with Crippen LogP contribution in [0.5, 0.6) is 0 Å². The molecule has 5 atom stereocenters. The zero-order valence-electron chi connectivity index (χ0n) is 15.3. The predicted molar refractivity (Wildman–Crippen MR) is 93.2 cm³/mol. The molecule has 4 heteroatoms. The Morgan fingerprint density at radius 3 is 2.83 bits per heavy atom. The van der Waals surface area contributed by atoms with Crippen LogP contribution in [0.1, 0.15) is 59.8 Å². The van der Waals surface area contributed by atoms with Crippen molar-refractivity contribution in [2.24, 2.45) is 17.8 Å². The van der Waals surface area contributed by atoms with Crippen molar-refractivity contribution >= 4 is 11.9 Å². The largest absolute Gasteiger partial charge is 0.462 e. The molecule has 1 saturated heterocycles. The number of hydrogen-bond acceptors (Lipinski definition) is 4. The highest BCUT2D eigenvalue weighted by Gasteiger charge is 2.40. The normalized spacial score (nSPS) is 29.2. The Balaban J connectivity index is 1.88. The van der Waals surface area contributed by atoms with E-state index in [-0.39, 0.29) is 36.0 Å². The summed E-state index contributed by atoms with van der Waals surface area (Å²) < 4.78 is 11.0. The van der Waals surface area contributed by atoms with Crippen LogP contribution < -0.4 is 0 Å². The first-order valence-electron chi connectivity index (χ1n) is 9.12. The number of carbonyl (C=O) groups excluding carboxylic acids is 2.